The third kappa shape index (κ3) is 5.11. The molecule has 3 rings (SSSR count). The van der Waals surface area contributed by atoms with Gasteiger partial charge in [-0.2, -0.15) is 0 Å². The van der Waals surface area contributed by atoms with Crippen molar-refractivity contribution in [2.24, 2.45) is 0 Å². The Hall–Kier alpha value is -3.27. The van der Waals surface area contributed by atoms with E-state index in [9.17, 15) is 4.79 Å². The number of carbonyl (C=O) groups is 1. The molecule has 0 aliphatic rings. The van der Waals surface area contributed by atoms with Gasteiger partial charge in [-0.3, -0.25) is 0 Å². The van der Waals surface area contributed by atoms with Gasteiger partial charge in [0.25, 0.3) is 0 Å². The monoisotopic (exact) mass is 361 g/mol. The van der Waals surface area contributed by atoms with Crippen molar-refractivity contribution in [2.75, 3.05) is 5.32 Å². The van der Waals surface area contributed by atoms with Gasteiger partial charge in [0.05, 0.1) is 5.56 Å². The molecule has 0 aliphatic heterocycles. The Morgan fingerprint density at radius 3 is 2.52 bits per heavy atom. The minimum Gasteiger partial charge on any atom is -0.489 e. The van der Waals surface area contributed by atoms with E-state index < -0.39 is 5.97 Å². The Bertz CT molecular complexity index is 950. The van der Waals surface area contributed by atoms with Crippen molar-refractivity contribution in [3.05, 3.63) is 94.5 Å². The first kappa shape index (κ1) is 18.5. The molecule has 0 bridgehead atoms. The molecule has 0 saturated carbocycles. The maximum absolute atomic E-state index is 11.1. The maximum atomic E-state index is 11.1. The van der Waals surface area contributed by atoms with Gasteiger partial charge in [0, 0.05) is 12.2 Å². The average Bonchev–Trinajstić information content (AvgIpc) is 2.66. The van der Waals surface area contributed by atoms with E-state index in [2.05, 4.69) is 30.4 Å². The van der Waals surface area contributed by atoms with Gasteiger partial charge < -0.3 is 15.2 Å². The SMILES string of the molecule is Cc1cccc(COc2cccc(CNc3cc(C(=O)O)ccc3C)c2)c1. The molecule has 0 amide bonds. The Morgan fingerprint density at radius 2 is 1.74 bits per heavy atom. The molecule has 2 N–H and O–H groups in total. The molecule has 4 heteroatoms. The van der Waals surface area contributed by atoms with Gasteiger partial charge >= 0.3 is 5.97 Å². The molecule has 0 heterocycles. The fraction of sp³-hybridized carbons (Fsp3) is 0.174. The smallest absolute Gasteiger partial charge is 0.335 e. The van der Waals surface area contributed by atoms with Gasteiger partial charge in [0.1, 0.15) is 12.4 Å². The van der Waals surface area contributed by atoms with Crippen LogP contribution in [0.5, 0.6) is 5.75 Å². The molecular weight excluding hydrogens is 338 g/mol. The number of anilines is 1. The molecular formula is C23H23NO3. The van der Waals surface area contributed by atoms with Crippen molar-refractivity contribution in [1.82, 2.24) is 0 Å². The van der Waals surface area contributed by atoms with E-state index in [1.54, 1.807) is 12.1 Å². The molecule has 0 saturated heterocycles. The molecule has 3 aromatic rings. The second-order valence-electron chi connectivity index (χ2n) is 6.61. The van der Waals surface area contributed by atoms with Crippen molar-refractivity contribution in [3.8, 4) is 5.75 Å². The Labute approximate surface area is 159 Å². The van der Waals surface area contributed by atoms with Gasteiger partial charge in [0.2, 0.25) is 0 Å². The van der Waals surface area contributed by atoms with E-state index in [0.29, 0.717) is 13.2 Å². The second kappa shape index (κ2) is 8.41. The minimum atomic E-state index is -0.926. The van der Waals surface area contributed by atoms with E-state index in [-0.39, 0.29) is 5.56 Å². The average molecular weight is 361 g/mol. The number of carboxylic acids is 1. The number of rotatable bonds is 7. The standard InChI is InChI=1S/C23H23NO3/c1-16-5-3-7-19(11-16)15-27-21-8-4-6-18(12-21)14-24-22-13-20(23(25)26)10-9-17(22)2/h3-13,24H,14-15H2,1-2H3,(H,25,26). The lowest BCUT2D eigenvalue weighted by molar-refractivity contribution is 0.0697. The highest BCUT2D eigenvalue weighted by molar-refractivity contribution is 5.89. The highest BCUT2D eigenvalue weighted by Crippen LogP contribution is 2.20. The van der Waals surface area contributed by atoms with Gasteiger partial charge in [-0.15, -0.1) is 0 Å². The van der Waals surface area contributed by atoms with Crippen LogP contribution in [0.15, 0.2) is 66.7 Å². The summed E-state index contributed by atoms with van der Waals surface area (Å²) in [6.45, 7) is 5.14. The number of nitrogens with one attached hydrogen (secondary N) is 1. The zero-order valence-corrected chi connectivity index (χ0v) is 15.5. The summed E-state index contributed by atoms with van der Waals surface area (Å²) in [4.78, 5) is 11.1. The Balaban J connectivity index is 1.64. The van der Waals surface area contributed by atoms with Crippen LogP contribution in [0.3, 0.4) is 0 Å². The fourth-order valence-corrected chi connectivity index (χ4v) is 2.86. The van der Waals surface area contributed by atoms with Crippen LogP contribution >= 0.6 is 0 Å². The summed E-state index contributed by atoms with van der Waals surface area (Å²) >= 11 is 0. The zero-order chi connectivity index (χ0) is 19.2. The Kier molecular flexibility index (Phi) is 5.77. The van der Waals surface area contributed by atoms with Gasteiger partial charge in [-0.1, -0.05) is 48.0 Å². The molecule has 0 aliphatic carbocycles. The van der Waals surface area contributed by atoms with E-state index >= 15 is 0 Å². The maximum Gasteiger partial charge on any atom is 0.335 e. The number of ether oxygens (including phenoxy) is 1. The summed E-state index contributed by atoms with van der Waals surface area (Å²) in [5, 5.41) is 12.5. The molecule has 138 valence electrons. The van der Waals surface area contributed by atoms with Crippen LogP contribution < -0.4 is 10.1 Å². The van der Waals surface area contributed by atoms with Crippen LogP contribution in [0.1, 0.15) is 32.6 Å². The quantitative estimate of drug-likeness (QED) is 0.608. The fourth-order valence-electron chi connectivity index (χ4n) is 2.86. The highest BCUT2D eigenvalue weighted by Gasteiger charge is 2.06. The summed E-state index contributed by atoms with van der Waals surface area (Å²) < 4.78 is 5.91. The topological polar surface area (TPSA) is 58.6 Å². The van der Waals surface area contributed by atoms with Crippen molar-refractivity contribution in [3.63, 3.8) is 0 Å². The third-order valence-corrected chi connectivity index (χ3v) is 4.35. The summed E-state index contributed by atoms with van der Waals surface area (Å²) in [5.74, 6) is -0.114. The summed E-state index contributed by atoms with van der Waals surface area (Å²) in [7, 11) is 0. The van der Waals surface area contributed by atoms with Gasteiger partial charge in [-0.05, 0) is 54.8 Å². The van der Waals surface area contributed by atoms with Crippen LogP contribution in [0.25, 0.3) is 0 Å². The van der Waals surface area contributed by atoms with E-state index in [0.717, 1.165) is 28.1 Å². The second-order valence-corrected chi connectivity index (χ2v) is 6.61. The molecule has 3 aromatic carbocycles. The predicted octanol–water partition coefficient (Wildman–Crippen LogP) is 5.19. The number of carboxylic acid groups (broad SMARTS) is 1. The lowest BCUT2D eigenvalue weighted by Gasteiger charge is -2.12. The van der Waals surface area contributed by atoms with Crippen molar-refractivity contribution >= 4 is 11.7 Å². The number of benzene rings is 3. The van der Waals surface area contributed by atoms with E-state index in [1.807, 2.05) is 43.3 Å². The van der Waals surface area contributed by atoms with Crippen LogP contribution in [0, 0.1) is 13.8 Å². The summed E-state index contributed by atoms with van der Waals surface area (Å²) in [6.07, 6.45) is 0. The number of aromatic carboxylic acids is 1. The molecule has 0 fully saturated rings. The third-order valence-electron chi connectivity index (χ3n) is 4.35. The lowest BCUT2D eigenvalue weighted by atomic mass is 10.1. The predicted molar refractivity (Wildman–Crippen MR) is 107 cm³/mol. The molecule has 0 radical (unpaired) electrons. The largest absolute Gasteiger partial charge is 0.489 e. The normalized spacial score (nSPS) is 10.4. The number of hydrogen-bond donors (Lipinski definition) is 2. The van der Waals surface area contributed by atoms with E-state index in [1.165, 1.54) is 5.56 Å². The van der Waals surface area contributed by atoms with Gasteiger partial charge in [-0.25, -0.2) is 4.79 Å². The number of hydrogen-bond acceptors (Lipinski definition) is 3. The first-order valence-electron chi connectivity index (χ1n) is 8.86. The summed E-state index contributed by atoms with van der Waals surface area (Å²) in [5.41, 5.74) is 5.52. The Morgan fingerprint density at radius 1 is 0.963 bits per heavy atom. The molecule has 0 aromatic heterocycles. The van der Waals surface area contributed by atoms with Crippen LogP contribution in [-0.4, -0.2) is 11.1 Å². The molecule has 0 unspecified atom stereocenters. The molecule has 4 nitrogen and oxygen atoms in total. The van der Waals surface area contributed by atoms with Crippen molar-refractivity contribution in [2.45, 2.75) is 27.0 Å². The summed E-state index contributed by atoms with van der Waals surface area (Å²) in [6, 6.07) is 21.3. The van der Waals surface area contributed by atoms with Crippen molar-refractivity contribution in [1.29, 1.82) is 0 Å². The lowest BCUT2D eigenvalue weighted by Crippen LogP contribution is -2.04. The highest BCUT2D eigenvalue weighted by atomic mass is 16.5. The van der Waals surface area contributed by atoms with Crippen LogP contribution in [0.4, 0.5) is 5.69 Å². The van der Waals surface area contributed by atoms with Crippen LogP contribution in [0.2, 0.25) is 0 Å². The molecule has 27 heavy (non-hydrogen) atoms. The van der Waals surface area contributed by atoms with Crippen LogP contribution in [-0.2, 0) is 13.2 Å². The van der Waals surface area contributed by atoms with Crippen molar-refractivity contribution < 1.29 is 14.6 Å². The van der Waals surface area contributed by atoms with E-state index in [4.69, 9.17) is 9.84 Å². The molecule has 0 spiro atoms. The van der Waals surface area contributed by atoms with Gasteiger partial charge in [0.15, 0.2) is 0 Å². The first-order valence-corrected chi connectivity index (χ1v) is 8.86. The first-order chi connectivity index (χ1) is 13.0. The minimum absolute atomic E-state index is 0.276. The zero-order valence-electron chi connectivity index (χ0n) is 15.5. The molecule has 0 atom stereocenters. The number of aryl methyl sites for hydroxylation is 2.